The predicted octanol–water partition coefficient (Wildman–Crippen LogP) is 3.65. The summed E-state index contributed by atoms with van der Waals surface area (Å²) < 4.78 is 1.82. The Morgan fingerprint density at radius 1 is 0.893 bits per heavy atom. The highest BCUT2D eigenvalue weighted by molar-refractivity contribution is 5.90. The van der Waals surface area contributed by atoms with Gasteiger partial charge in [0.1, 0.15) is 5.69 Å². The summed E-state index contributed by atoms with van der Waals surface area (Å²) in [5.74, 6) is -1.20. The smallest absolute Gasteiger partial charge is 0.101 e. The summed E-state index contributed by atoms with van der Waals surface area (Å²) in [4.78, 5) is 15.3. The minimum Gasteiger partial charge on any atom is -0.545 e. The summed E-state index contributed by atoms with van der Waals surface area (Å²) in [5.41, 5.74) is 4.40. The van der Waals surface area contributed by atoms with E-state index in [0.717, 1.165) is 22.5 Å². The van der Waals surface area contributed by atoms with E-state index in [1.165, 1.54) is 12.1 Å². The van der Waals surface area contributed by atoms with E-state index in [0.29, 0.717) is 5.69 Å². The highest BCUT2D eigenvalue weighted by atomic mass is 16.4. The summed E-state index contributed by atoms with van der Waals surface area (Å²) in [7, 11) is 0. The van der Waals surface area contributed by atoms with Gasteiger partial charge in [-0.1, -0.05) is 60.7 Å². The zero-order chi connectivity index (χ0) is 19.3. The third-order valence-corrected chi connectivity index (χ3v) is 4.27. The number of para-hydroxylation sites is 1. The molecule has 0 atom stereocenters. The lowest BCUT2D eigenvalue weighted by Gasteiger charge is -2.01. The van der Waals surface area contributed by atoms with Crippen molar-refractivity contribution >= 4 is 17.9 Å². The lowest BCUT2D eigenvalue weighted by atomic mass is 10.1. The maximum atomic E-state index is 10.9. The van der Waals surface area contributed by atoms with E-state index in [4.69, 9.17) is 5.10 Å². The summed E-state index contributed by atoms with van der Waals surface area (Å²) in [6.45, 7) is 0. The molecule has 0 unspecified atom stereocenters. The molecular formula is C23H16N3O2-. The van der Waals surface area contributed by atoms with Gasteiger partial charge in [-0.25, -0.2) is 4.68 Å². The molecule has 0 saturated carbocycles. The van der Waals surface area contributed by atoms with Gasteiger partial charge in [-0.05, 0) is 29.8 Å². The quantitative estimate of drug-likeness (QED) is 0.506. The molecule has 0 radical (unpaired) electrons. The molecule has 0 fully saturated rings. The highest BCUT2D eigenvalue weighted by Gasteiger charge is 2.10. The Kier molecular flexibility index (Phi) is 4.80. The van der Waals surface area contributed by atoms with E-state index < -0.39 is 5.97 Å². The average molecular weight is 366 g/mol. The Balaban J connectivity index is 1.72. The van der Waals surface area contributed by atoms with Crippen LogP contribution in [-0.2, 0) is 0 Å². The fourth-order valence-electron chi connectivity index (χ4n) is 2.84. The number of hydrogen-bond acceptors (Lipinski definition) is 4. The largest absolute Gasteiger partial charge is 0.545 e. The number of aromatic nitrogens is 2. The van der Waals surface area contributed by atoms with Crippen LogP contribution in [0.2, 0.25) is 0 Å². The van der Waals surface area contributed by atoms with Gasteiger partial charge in [0.2, 0.25) is 0 Å². The summed E-state index contributed by atoms with van der Waals surface area (Å²) in [6, 6.07) is 26.0. The average Bonchev–Trinajstić information content (AvgIpc) is 3.18. The van der Waals surface area contributed by atoms with Gasteiger partial charge in [0.05, 0.1) is 17.3 Å². The van der Waals surface area contributed by atoms with Crippen LogP contribution in [0.4, 0.5) is 5.69 Å². The number of carbonyl (C=O) groups is 1. The van der Waals surface area contributed by atoms with Crippen LogP contribution in [0.25, 0.3) is 16.9 Å². The van der Waals surface area contributed by atoms with Crippen LogP contribution in [0.1, 0.15) is 15.9 Å². The molecule has 0 aliphatic carbocycles. The van der Waals surface area contributed by atoms with Crippen molar-refractivity contribution in [2.45, 2.75) is 0 Å². The normalized spacial score (nSPS) is 11.0. The molecule has 1 aromatic heterocycles. The number of aromatic carboxylic acids is 1. The number of carboxylic acids is 1. The summed E-state index contributed by atoms with van der Waals surface area (Å²) in [6.07, 6.45) is 3.67. The molecule has 4 rings (SSSR count). The zero-order valence-corrected chi connectivity index (χ0v) is 14.9. The van der Waals surface area contributed by atoms with Crippen LogP contribution in [-0.4, -0.2) is 22.0 Å². The molecule has 0 spiro atoms. The molecule has 5 heteroatoms. The minimum atomic E-state index is -1.20. The Bertz CT molecular complexity index is 1120. The number of aliphatic imine (C=N–C) groups is 1. The number of carbonyl (C=O) groups excluding carboxylic acids is 1. The molecule has 1 heterocycles. The van der Waals surface area contributed by atoms with E-state index in [1.807, 2.05) is 71.5 Å². The van der Waals surface area contributed by atoms with Crippen molar-refractivity contribution in [1.29, 1.82) is 0 Å². The maximum absolute atomic E-state index is 10.9. The number of nitrogens with zero attached hydrogens (tertiary/aromatic N) is 3. The van der Waals surface area contributed by atoms with Crippen molar-refractivity contribution in [2.75, 3.05) is 0 Å². The van der Waals surface area contributed by atoms with Gasteiger partial charge in [0.25, 0.3) is 0 Å². The van der Waals surface area contributed by atoms with Gasteiger partial charge < -0.3 is 9.90 Å². The molecule has 0 N–H and O–H groups in total. The Morgan fingerprint density at radius 2 is 1.54 bits per heavy atom. The van der Waals surface area contributed by atoms with Crippen molar-refractivity contribution in [3.8, 4) is 16.9 Å². The number of hydrogen-bond donors (Lipinski definition) is 0. The van der Waals surface area contributed by atoms with E-state index in [1.54, 1.807) is 18.3 Å². The highest BCUT2D eigenvalue weighted by Crippen LogP contribution is 2.23. The second-order valence-corrected chi connectivity index (χ2v) is 6.17. The molecule has 0 aliphatic heterocycles. The third-order valence-electron chi connectivity index (χ3n) is 4.27. The predicted molar refractivity (Wildman–Crippen MR) is 107 cm³/mol. The zero-order valence-electron chi connectivity index (χ0n) is 14.9. The van der Waals surface area contributed by atoms with Crippen molar-refractivity contribution in [3.63, 3.8) is 0 Å². The molecule has 0 amide bonds. The lowest BCUT2D eigenvalue weighted by Crippen LogP contribution is -2.21. The van der Waals surface area contributed by atoms with Gasteiger partial charge in [-0.3, -0.25) is 4.99 Å². The van der Waals surface area contributed by atoms with Crippen molar-refractivity contribution in [1.82, 2.24) is 9.78 Å². The summed E-state index contributed by atoms with van der Waals surface area (Å²) in [5, 5.41) is 15.6. The van der Waals surface area contributed by atoms with Crippen LogP contribution in [0.5, 0.6) is 0 Å². The van der Waals surface area contributed by atoms with E-state index in [2.05, 4.69) is 4.99 Å². The molecule has 5 nitrogen and oxygen atoms in total. The van der Waals surface area contributed by atoms with Crippen LogP contribution < -0.4 is 5.11 Å². The van der Waals surface area contributed by atoms with E-state index in [-0.39, 0.29) is 5.56 Å². The van der Waals surface area contributed by atoms with Gasteiger partial charge >= 0.3 is 0 Å². The SMILES string of the molecule is O=C([O-])c1ccc(N=Cc2cn(-c3ccccc3)nc2-c2ccccc2)cc1. The summed E-state index contributed by atoms with van der Waals surface area (Å²) >= 11 is 0. The molecule has 136 valence electrons. The second kappa shape index (κ2) is 7.72. The van der Waals surface area contributed by atoms with E-state index >= 15 is 0 Å². The van der Waals surface area contributed by atoms with Crippen LogP contribution in [0.3, 0.4) is 0 Å². The molecule has 3 aromatic carbocycles. The van der Waals surface area contributed by atoms with E-state index in [9.17, 15) is 9.90 Å². The van der Waals surface area contributed by atoms with Crippen molar-refractivity contribution < 1.29 is 9.90 Å². The number of carboxylic acid groups (broad SMARTS) is 1. The monoisotopic (exact) mass is 366 g/mol. The topological polar surface area (TPSA) is 70.3 Å². The first kappa shape index (κ1) is 17.4. The van der Waals surface area contributed by atoms with Crippen LogP contribution >= 0.6 is 0 Å². The molecule has 28 heavy (non-hydrogen) atoms. The lowest BCUT2D eigenvalue weighted by molar-refractivity contribution is -0.255. The fourth-order valence-corrected chi connectivity index (χ4v) is 2.84. The molecule has 0 saturated heterocycles. The molecule has 0 bridgehead atoms. The van der Waals surface area contributed by atoms with Crippen molar-refractivity contribution in [2.24, 2.45) is 4.99 Å². The Morgan fingerprint density at radius 3 is 2.18 bits per heavy atom. The van der Waals surface area contributed by atoms with Crippen LogP contribution in [0, 0.1) is 0 Å². The van der Waals surface area contributed by atoms with Gasteiger partial charge in [-0.2, -0.15) is 5.10 Å². The first-order valence-electron chi connectivity index (χ1n) is 8.77. The molecular weight excluding hydrogens is 350 g/mol. The first-order chi connectivity index (χ1) is 13.7. The molecule has 4 aromatic rings. The number of benzene rings is 3. The van der Waals surface area contributed by atoms with Crippen LogP contribution in [0.15, 0.2) is 96.1 Å². The maximum Gasteiger partial charge on any atom is 0.101 e. The Hall–Kier alpha value is -3.99. The standard InChI is InChI=1S/C23H17N3O2/c27-23(28)18-11-13-20(14-12-18)24-15-19-16-26(21-9-5-2-6-10-21)25-22(19)17-7-3-1-4-8-17/h1-16H,(H,27,28)/p-1. The second-order valence-electron chi connectivity index (χ2n) is 6.17. The van der Waals surface area contributed by atoms with Gasteiger partial charge in [0, 0.05) is 23.5 Å². The fraction of sp³-hybridized carbons (Fsp3) is 0. The first-order valence-corrected chi connectivity index (χ1v) is 8.77. The Labute approximate surface area is 162 Å². The van der Waals surface area contributed by atoms with Gasteiger partial charge in [0.15, 0.2) is 0 Å². The minimum absolute atomic E-state index is 0.126. The number of rotatable bonds is 5. The van der Waals surface area contributed by atoms with Gasteiger partial charge in [-0.15, -0.1) is 0 Å². The third kappa shape index (κ3) is 3.73. The molecule has 0 aliphatic rings. The van der Waals surface area contributed by atoms with Crippen molar-refractivity contribution in [3.05, 3.63) is 102 Å².